The molecule has 0 aromatic heterocycles. The van der Waals surface area contributed by atoms with Gasteiger partial charge in [0.15, 0.2) is 11.5 Å². The van der Waals surface area contributed by atoms with Gasteiger partial charge in [-0.2, -0.15) is 0 Å². The molecule has 4 rings (SSSR count). The first-order chi connectivity index (χ1) is 15.1. The SMILES string of the molecule is CCOc1cc2c(c3c1OC(C)(C)C3)C(c1ccc(COCC(=O)O)cc1)=NC(C)(C)C2. The summed E-state index contributed by atoms with van der Waals surface area (Å²) in [6, 6.07) is 10.1. The van der Waals surface area contributed by atoms with Crippen LogP contribution in [0.1, 0.15) is 62.4 Å². The summed E-state index contributed by atoms with van der Waals surface area (Å²) in [6.45, 7) is 11.0. The number of carboxylic acid groups (broad SMARTS) is 1. The first-order valence-electron chi connectivity index (χ1n) is 11.1. The molecule has 0 bridgehead atoms. The molecule has 0 spiro atoms. The number of benzene rings is 2. The van der Waals surface area contributed by atoms with Crippen LogP contribution in [-0.4, -0.2) is 41.1 Å². The Morgan fingerprint density at radius 3 is 2.53 bits per heavy atom. The highest BCUT2D eigenvalue weighted by Crippen LogP contribution is 2.48. The van der Waals surface area contributed by atoms with Crippen molar-refractivity contribution < 1.29 is 24.1 Å². The van der Waals surface area contributed by atoms with Gasteiger partial charge in [-0.25, -0.2) is 4.79 Å². The van der Waals surface area contributed by atoms with Crippen molar-refractivity contribution in [3.63, 3.8) is 0 Å². The van der Waals surface area contributed by atoms with Crippen molar-refractivity contribution in [3.05, 3.63) is 58.1 Å². The number of aliphatic imine (C=N–C) groups is 1. The molecule has 0 fully saturated rings. The van der Waals surface area contributed by atoms with Crippen molar-refractivity contribution in [2.75, 3.05) is 13.2 Å². The number of fused-ring (bicyclic) bond motifs is 3. The fraction of sp³-hybridized carbons (Fsp3) is 0.462. The minimum absolute atomic E-state index is 0.238. The lowest BCUT2D eigenvalue weighted by atomic mass is 9.81. The van der Waals surface area contributed by atoms with Crippen molar-refractivity contribution in [3.8, 4) is 11.5 Å². The van der Waals surface area contributed by atoms with Crippen LogP contribution < -0.4 is 9.47 Å². The van der Waals surface area contributed by atoms with Gasteiger partial charge in [0.25, 0.3) is 0 Å². The summed E-state index contributed by atoms with van der Waals surface area (Å²) in [7, 11) is 0. The normalized spacial score (nSPS) is 17.7. The second kappa shape index (κ2) is 8.24. The van der Waals surface area contributed by atoms with E-state index in [9.17, 15) is 4.79 Å². The van der Waals surface area contributed by atoms with E-state index in [2.05, 4.69) is 33.8 Å². The van der Waals surface area contributed by atoms with Crippen LogP contribution in [0.3, 0.4) is 0 Å². The molecule has 170 valence electrons. The summed E-state index contributed by atoms with van der Waals surface area (Å²) < 4.78 is 17.5. The van der Waals surface area contributed by atoms with Gasteiger partial charge in [-0.15, -0.1) is 0 Å². The fourth-order valence-electron chi connectivity index (χ4n) is 4.56. The van der Waals surface area contributed by atoms with Crippen LogP contribution in [0.15, 0.2) is 35.3 Å². The Labute approximate surface area is 189 Å². The zero-order valence-corrected chi connectivity index (χ0v) is 19.4. The van der Waals surface area contributed by atoms with Gasteiger partial charge in [0, 0.05) is 23.1 Å². The average molecular weight is 438 g/mol. The molecule has 0 aliphatic carbocycles. The van der Waals surface area contributed by atoms with Crippen LogP contribution in [-0.2, 0) is 29.0 Å². The van der Waals surface area contributed by atoms with E-state index < -0.39 is 5.97 Å². The average Bonchev–Trinajstić information content (AvgIpc) is 3.02. The molecule has 0 atom stereocenters. The van der Waals surface area contributed by atoms with Crippen LogP contribution in [0.25, 0.3) is 0 Å². The highest BCUT2D eigenvalue weighted by Gasteiger charge is 2.39. The molecule has 6 nitrogen and oxygen atoms in total. The molecule has 0 saturated heterocycles. The molecule has 2 aromatic rings. The molecule has 0 radical (unpaired) electrons. The molecule has 32 heavy (non-hydrogen) atoms. The fourth-order valence-corrected chi connectivity index (χ4v) is 4.56. The van der Waals surface area contributed by atoms with Gasteiger partial charge in [0.2, 0.25) is 0 Å². The predicted molar refractivity (Wildman–Crippen MR) is 123 cm³/mol. The molecular weight excluding hydrogens is 406 g/mol. The van der Waals surface area contributed by atoms with Gasteiger partial charge in [0.1, 0.15) is 12.2 Å². The maximum absolute atomic E-state index is 10.7. The Hall–Kier alpha value is -2.86. The van der Waals surface area contributed by atoms with E-state index in [0.29, 0.717) is 6.61 Å². The number of carbonyl (C=O) groups is 1. The van der Waals surface area contributed by atoms with Crippen molar-refractivity contribution in [1.82, 2.24) is 0 Å². The van der Waals surface area contributed by atoms with Crippen molar-refractivity contribution in [2.45, 2.75) is 65.2 Å². The van der Waals surface area contributed by atoms with Gasteiger partial charge in [-0.05, 0) is 58.2 Å². The largest absolute Gasteiger partial charge is 0.490 e. The number of hydrogen-bond donors (Lipinski definition) is 1. The molecule has 0 unspecified atom stereocenters. The third-order valence-electron chi connectivity index (χ3n) is 5.70. The minimum Gasteiger partial charge on any atom is -0.490 e. The first-order valence-corrected chi connectivity index (χ1v) is 11.1. The third-order valence-corrected chi connectivity index (χ3v) is 5.70. The van der Waals surface area contributed by atoms with Crippen LogP contribution in [0.2, 0.25) is 0 Å². The Kier molecular flexibility index (Phi) is 5.76. The van der Waals surface area contributed by atoms with E-state index in [-0.39, 0.29) is 24.4 Å². The number of aliphatic carboxylic acids is 1. The smallest absolute Gasteiger partial charge is 0.329 e. The Balaban J connectivity index is 1.76. The number of ether oxygens (including phenoxy) is 3. The number of rotatable bonds is 7. The molecule has 2 heterocycles. The van der Waals surface area contributed by atoms with Crippen LogP contribution >= 0.6 is 0 Å². The highest BCUT2D eigenvalue weighted by atomic mass is 16.5. The van der Waals surface area contributed by atoms with E-state index >= 15 is 0 Å². The second-order valence-electron chi connectivity index (χ2n) is 9.72. The van der Waals surface area contributed by atoms with E-state index in [1.807, 2.05) is 31.2 Å². The number of hydrogen-bond acceptors (Lipinski definition) is 5. The second-order valence-corrected chi connectivity index (χ2v) is 9.72. The zero-order chi connectivity index (χ0) is 23.1. The topological polar surface area (TPSA) is 77.4 Å². The van der Waals surface area contributed by atoms with E-state index in [0.717, 1.165) is 46.7 Å². The van der Waals surface area contributed by atoms with E-state index in [1.54, 1.807) is 0 Å². The molecule has 0 saturated carbocycles. The lowest BCUT2D eigenvalue weighted by Crippen LogP contribution is -2.30. The maximum Gasteiger partial charge on any atom is 0.329 e. The van der Waals surface area contributed by atoms with Gasteiger partial charge >= 0.3 is 5.97 Å². The van der Waals surface area contributed by atoms with Crippen LogP contribution in [0, 0.1) is 0 Å². The molecule has 2 aliphatic rings. The highest BCUT2D eigenvalue weighted by molar-refractivity contribution is 6.16. The molecule has 2 aliphatic heterocycles. The zero-order valence-electron chi connectivity index (χ0n) is 19.4. The molecule has 1 N–H and O–H groups in total. The molecule has 2 aromatic carbocycles. The molecule has 6 heteroatoms. The summed E-state index contributed by atoms with van der Waals surface area (Å²) in [5.41, 5.74) is 5.93. The Morgan fingerprint density at radius 2 is 1.88 bits per heavy atom. The van der Waals surface area contributed by atoms with E-state index in [1.165, 1.54) is 11.1 Å². The monoisotopic (exact) mass is 437 g/mol. The summed E-state index contributed by atoms with van der Waals surface area (Å²) in [5, 5.41) is 8.75. The third kappa shape index (κ3) is 4.51. The minimum atomic E-state index is -0.970. The van der Waals surface area contributed by atoms with Crippen LogP contribution in [0.4, 0.5) is 0 Å². The first kappa shape index (κ1) is 22.3. The lowest BCUT2D eigenvalue weighted by Gasteiger charge is -2.31. The molecular formula is C26H31NO5. The van der Waals surface area contributed by atoms with E-state index in [4.69, 9.17) is 24.3 Å². The Bertz CT molecular complexity index is 1070. The summed E-state index contributed by atoms with van der Waals surface area (Å²) in [4.78, 5) is 15.8. The lowest BCUT2D eigenvalue weighted by molar-refractivity contribution is -0.142. The van der Waals surface area contributed by atoms with Gasteiger partial charge in [-0.3, -0.25) is 4.99 Å². The molecule has 0 amide bonds. The summed E-state index contributed by atoms with van der Waals surface area (Å²) >= 11 is 0. The summed E-state index contributed by atoms with van der Waals surface area (Å²) in [6.07, 6.45) is 1.63. The van der Waals surface area contributed by atoms with Gasteiger partial charge < -0.3 is 19.3 Å². The van der Waals surface area contributed by atoms with Crippen molar-refractivity contribution in [2.24, 2.45) is 4.99 Å². The van der Waals surface area contributed by atoms with Gasteiger partial charge in [-0.1, -0.05) is 24.3 Å². The van der Waals surface area contributed by atoms with Gasteiger partial charge in [0.05, 0.1) is 24.5 Å². The Morgan fingerprint density at radius 1 is 1.16 bits per heavy atom. The maximum atomic E-state index is 10.7. The summed E-state index contributed by atoms with van der Waals surface area (Å²) in [5.74, 6) is 0.680. The quantitative estimate of drug-likeness (QED) is 0.686. The standard InChI is InChI=1S/C26H31NO5/c1-6-31-20-11-18-12-25(2,3)27-23(22(18)19-13-26(4,5)32-24(19)20)17-9-7-16(8-10-17)14-30-15-21(28)29/h7-11H,6,12-15H2,1-5H3,(H,28,29). The number of nitrogens with zero attached hydrogens (tertiary/aromatic N) is 1. The van der Waals surface area contributed by atoms with Crippen molar-refractivity contribution in [1.29, 1.82) is 0 Å². The predicted octanol–water partition coefficient (Wildman–Crippen LogP) is 4.57. The number of carboxylic acids is 1. The van der Waals surface area contributed by atoms with Crippen LogP contribution in [0.5, 0.6) is 11.5 Å². The van der Waals surface area contributed by atoms with Crippen molar-refractivity contribution >= 4 is 11.7 Å².